The highest BCUT2D eigenvalue weighted by Gasteiger charge is 2.27. The Kier molecular flexibility index (Phi) is 3.48. The Balaban J connectivity index is 2.73. The standard InChI is InChI=1S/C8H5ClF3N3/c9-7-5(3-13)4-14-6(15-7)1-2-8(10,11)12/h4H,1-2H2. The lowest BCUT2D eigenvalue weighted by Gasteiger charge is -2.04. The number of alkyl halides is 3. The lowest BCUT2D eigenvalue weighted by Crippen LogP contribution is -2.10. The van der Waals surface area contributed by atoms with E-state index in [0.717, 1.165) is 6.20 Å². The number of hydrogen-bond acceptors (Lipinski definition) is 3. The van der Waals surface area contributed by atoms with Crippen LogP contribution in [0.3, 0.4) is 0 Å². The Hall–Kier alpha value is -1.35. The van der Waals surface area contributed by atoms with Crippen LogP contribution in [0, 0.1) is 11.3 Å². The van der Waals surface area contributed by atoms with Crippen LogP contribution in [0.4, 0.5) is 13.2 Å². The second-order valence-electron chi connectivity index (χ2n) is 2.72. The highest BCUT2D eigenvalue weighted by molar-refractivity contribution is 6.30. The van der Waals surface area contributed by atoms with Crippen molar-refractivity contribution in [3.05, 3.63) is 22.7 Å². The van der Waals surface area contributed by atoms with Crippen molar-refractivity contribution in [3.8, 4) is 6.07 Å². The zero-order chi connectivity index (χ0) is 11.5. The van der Waals surface area contributed by atoms with E-state index in [1.54, 1.807) is 6.07 Å². The number of aromatic nitrogens is 2. The molecular weight excluding hydrogens is 231 g/mol. The van der Waals surface area contributed by atoms with Crippen LogP contribution in [0.15, 0.2) is 6.20 Å². The summed E-state index contributed by atoms with van der Waals surface area (Å²) in [5, 5.41) is 8.35. The van der Waals surface area contributed by atoms with E-state index >= 15 is 0 Å². The van der Waals surface area contributed by atoms with Crippen molar-refractivity contribution in [2.45, 2.75) is 19.0 Å². The number of halogens is 4. The number of hydrogen-bond donors (Lipinski definition) is 0. The molecule has 0 spiro atoms. The van der Waals surface area contributed by atoms with Crippen molar-refractivity contribution >= 4 is 11.6 Å². The maximum Gasteiger partial charge on any atom is 0.389 e. The smallest absolute Gasteiger partial charge is 0.240 e. The zero-order valence-corrected chi connectivity index (χ0v) is 8.10. The van der Waals surface area contributed by atoms with Gasteiger partial charge in [-0.05, 0) is 0 Å². The highest BCUT2D eigenvalue weighted by atomic mass is 35.5. The third-order valence-corrected chi connectivity index (χ3v) is 1.83. The number of aryl methyl sites for hydroxylation is 1. The number of rotatable bonds is 2. The molecule has 15 heavy (non-hydrogen) atoms. The molecule has 3 nitrogen and oxygen atoms in total. The Bertz CT molecular complexity index is 397. The first-order chi connectivity index (χ1) is 6.92. The van der Waals surface area contributed by atoms with Crippen LogP contribution >= 0.6 is 11.6 Å². The third kappa shape index (κ3) is 3.72. The minimum atomic E-state index is -4.25. The van der Waals surface area contributed by atoms with Gasteiger partial charge >= 0.3 is 6.18 Å². The third-order valence-electron chi connectivity index (χ3n) is 1.54. The van der Waals surface area contributed by atoms with Crippen molar-refractivity contribution in [1.29, 1.82) is 5.26 Å². The molecule has 0 saturated heterocycles. The van der Waals surface area contributed by atoms with E-state index in [-0.39, 0.29) is 23.0 Å². The van der Waals surface area contributed by atoms with Gasteiger partial charge in [0.1, 0.15) is 17.5 Å². The van der Waals surface area contributed by atoms with Crippen LogP contribution < -0.4 is 0 Å². The molecule has 0 amide bonds. The van der Waals surface area contributed by atoms with Gasteiger partial charge in [-0.1, -0.05) is 11.6 Å². The average molecular weight is 236 g/mol. The van der Waals surface area contributed by atoms with Gasteiger partial charge in [-0.3, -0.25) is 0 Å². The van der Waals surface area contributed by atoms with Gasteiger partial charge in [0.05, 0.1) is 6.42 Å². The molecule has 1 heterocycles. The van der Waals surface area contributed by atoms with E-state index in [1.165, 1.54) is 0 Å². The van der Waals surface area contributed by atoms with Gasteiger partial charge in [0.25, 0.3) is 0 Å². The van der Waals surface area contributed by atoms with Gasteiger partial charge in [0.15, 0.2) is 5.15 Å². The predicted molar refractivity (Wildman–Crippen MR) is 46.1 cm³/mol. The van der Waals surface area contributed by atoms with Gasteiger partial charge < -0.3 is 0 Å². The molecule has 0 aliphatic carbocycles. The van der Waals surface area contributed by atoms with Crippen molar-refractivity contribution in [1.82, 2.24) is 9.97 Å². The van der Waals surface area contributed by atoms with Crippen molar-refractivity contribution in [2.75, 3.05) is 0 Å². The first-order valence-corrected chi connectivity index (χ1v) is 4.28. The normalized spacial score (nSPS) is 11.1. The Morgan fingerprint density at radius 2 is 2.13 bits per heavy atom. The van der Waals surface area contributed by atoms with E-state index in [0.29, 0.717) is 0 Å². The summed E-state index contributed by atoms with van der Waals surface area (Å²) in [5.41, 5.74) is 0.0485. The molecule has 0 radical (unpaired) electrons. The second kappa shape index (κ2) is 4.45. The minimum absolute atomic E-state index is 0.0173. The van der Waals surface area contributed by atoms with Crippen molar-refractivity contribution in [2.24, 2.45) is 0 Å². The number of nitrogens with zero attached hydrogens (tertiary/aromatic N) is 3. The average Bonchev–Trinajstić information content (AvgIpc) is 2.14. The monoisotopic (exact) mass is 235 g/mol. The fourth-order valence-corrected chi connectivity index (χ4v) is 1.03. The van der Waals surface area contributed by atoms with Gasteiger partial charge in [0, 0.05) is 12.6 Å². The van der Waals surface area contributed by atoms with Crippen molar-refractivity contribution in [3.63, 3.8) is 0 Å². The summed E-state index contributed by atoms with van der Waals surface area (Å²) in [7, 11) is 0. The van der Waals surface area contributed by atoms with Crippen LogP contribution in [0.5, 0.6) is 0 Å². The highest BCUT2D eigenvalue weighted by Crippen LogP contribution is 2.21. The van der Waals surface area contributed by atoms with Crippen molar-refractivity contribution < 1.29 is 13.2 Å². The first kappa shape index (κ1) is 11.7. The molecule has 1 aromatic heterocycles. The first-order valence-electron chi connectivity index (χ1n) is 3.90. The molecule has 0 atom stereocenters. The summed E-state index contributed by atoms with van der Waals surface area (Å²) in [5.74, 6) is -0.0173. The molecule has 0 unspecified atom stereocenters. The molecule has 0 aromatic carbocycles. The van der Waals surface area contributed by atoms with E-state index in [9.17, 15) is 13.2 Å². The molecule has 0 N–H and O–H groups in total. The van der Waals surface area contributed by atoms with Gasteiger partial charge in [-0.25, -0.2) is 9.97 Å². The SMILES string of the molecule is N#Cc1cnc(CCC(F)(F)F)nc1Cl. The zero-order valence-electron chi connectivity index (χ0n) is 7.35. The molecule has 0 fully saturated rings. The summed E-state index contributed by atoms with van der Waals surface area (Å²) in [6, 6.07) is 1.72. The van der Waals surface area contributed by atoms with Crippen LogP contribution in [-0.2, 0) is 6.42 Å². The van der Waals surface area contributed by atoms with Crippen LogP contribution in [-0.4, -0.2) is 16.1 Å². The largest absolute Gasteiger partial charge is 0.389 e. The van der Waals surface area contributed by atoms with Gasteiger partial charge in [-0.2, -0.15) is 18.4 Å². The molecular formula is C8H5ClF3N3. The van der Waals surface area contributed by atoms with Crippen LogP contribution in [0.1, 0.15) is 17.8 Å². The minimum Gasteiger partial charge on any atom is -0.240 e. The van der Waals surface area contributed by atoms with Gasteiger partial charge in [0.2, 0.25) is 0 Å². The van der Waals surface area contributed by atoms with Crippen LogP contribution in [0.25, 0.3) is 0 Å². The lowest BCUT2D eigenvalue weighted by atomic mass is 10.3. The van der Waals surface area contributed by atoms with E-state index < -0.39 is 12.6 Å². The summed E-state index contributed by atoms with van der Waals surface area (Å²) in [4.78, 5) is 7.17. The van der Waals surface area contributed by atoms with E-state index in [2.05, 4.69) is 9.97 Å². The van der Waals surface area contributed by atoms with Gasteiger partial charge in [-0.15, -0.1) is 0 Å². The lowest BCUT2D eigenvalue weighted by molar-refractivity contribution is -0.134. The maximum absolute atomic E-state index is 11.8. The molecule has 1 aromatic rings. The molecule has 0 saturated carbocycles. The van der Waals surface area contributed by atoms with E-state index in [1.807, 2.05) is 0 Å². The van der Waals surface area contributed by atoms with Crippen LogP contribution in [0.2, 0.25) is 5.15 Å². The maximum atomic E-state index is 11.8. The summed E-state index contributed by atoms with van der Waals surface area (Å²) in [6.45, 7) is 0. The Labute approximate surface area is 88.5 Å². The summed E-state index contributed by atoms with van der Waals surface area (Å²) in [6.07, 6.45) is -4.48. The molecule has 7 heteroatoms. The Morgan fingerprint density at radius 1 is 1.47 bits per heavy atom. The molecule has 0 aliphatic heterocycles. The quantitative estimate of drug-likeness (QED) is 0.740. The molecule has 0 bridgehead atoms. The molecule has 80 valence electrons. The summed E-state index contributed by atoms with van der Waals surface area (Å²) >= 11 is 5.52. The molecule has 1 rings (SSSR count). The Morgan fingerprint density at radius 3 is 2.60 bits per heavy atom. The molecule has 0 aliphatic rings. The topological polar surface area (TPSA) is 49.6 Å². The fraction of sp³-hybridized carbons (Fsp3) is 0.375. The summed E-state index contributed by atoms with van der Waals surface area (Å²) < 4.78 is 35.5. The fourth-order valence-electron chi connectivity index (χ4n) is 0.844. The van der Waals surface area contributed by atoms with E-state index in [4.69, 9.17) is 16.9 Å². The second-order valence-corrected chi connectivity index (χ2v) is 3.08. The predicted octanol–water partition coefficient (Wildman–Crippen LogP) is 2.50. The number of nitriles is 1.